The predicted molar refractivity (Wildman–Crippen MR) is 61.1 cm³/mol. The summed E-state index contributed by atoms with van der Waals surface area (Å²) in [6.07, 6.45) is 0. The molecular weight excluding hydrogens is 202 g/mol. The van der Waals surface area contributed by atoms with Crippen molar-refractivity contribution >= 4 is 11.6 Å². The van der Waals surface area contributed by atoms with Gasteiger partial charge in [0.2, 0.25) is 5.91 Å². The smallest absolute Gasteiger partial charge is 0.217 e. The van der Waals surface area contributed by atoms with Crippen LogP contribution in [-0.2, 0) is 4.79 Å². The summed E-state index contributed by atoms with van der Waals surface area (Å²) in [5.41, 5.74) is 6.98. The van der Waals surface area contributed by atoms with Crippen molar-refractivity contribution in [1.29, 1.82) is 5.26 Å². The number of nitrogens with two attached hydrogens (primary N) is 1. The number of hydrogen-bond acceptors (Lipinski definition) is 3. The number of rotatable bonds is 1. The number of carbonyl (C=O) groups is 1. The summed E-state index contributed by atoms with van der Waals surface area (Å²) in [7, 11) is 0. The molecule has 1 rings (SSSR count). The molecule has 0 spiro atoms. The molecule has 0 bridgehead atoms. The fourth-order valence-electron chi connectivity index (χ4n) is 1.11. The largest absolute Gasteiger partial charge is 0.398 e. The van der Waals surface area contributed by atoms with Crippen molar-refractivity contribution < 1.29 is 4.79 Å². The lowest BCUT2D eigenvalue weighted by atomic mass is 10.1. The number of nitriles is 1. The number of benzene rings is 1. The van der Waals surface area contributed by atoms with E-state index in [0.717, 1.165) is 0 Å². The molecule has 1 aromatic rings. The zero-order valence-corrected chi connectivity index (χ0v) is 8.87. The Morgan fingerprint density at radius 1 is 1.56 bits per heavy atom. The highest BCUT2D eigenvalue weighted by Gasteiger charge is 2.01. The van der Waals surface area contributed by atoms with Crippen LogP contribution in [0.3, 0.4) is 0 Å². The molecule has 0 saturated carbocycles. The Morgan fingerprint density at radius 3 is 2.94 bits per heavy atom. The Labute approximate surface area is 94.1 Å². The van der Waals surface area contributed by atoms with E-state index in [1.54, 1.807) is 18.2 Å². The van der Waals surface area contributed by atoms with Gasteiger partial charge in [0.15, 0.2) is 0 Å². The van der Waals surface area contributed by atoms with Gasteiger partial charge in [0.25, 0.3) is 0 Å². The molecule has 0 fully saturated rings. The van der Waals surface area contributed by atoms with Gasteiger partial charge in [-0.05, 0) is 12.1 Å². The maximum Gasteiger partial charge on any atom is 0.217 e. The number of nitrogen functional groups attached to an aromatic ring is 1. The summed E-state index contributed by atoms with van der Waals surface area (Å²) in [6.45, 7) is 1.68. The van der Waals surface area contributed by atoms with Crippen LogP contribution in [0, 0.1) is 23.2 Å². The Hall–Kier alpha value is -2.46. The van der Waals surface area contributed by atoms with E-state index < -0.39 is 0 Å². The van der Waals surface area contributed by atoms with Crippen LogP contribution >= 0.6 is 0 Å². The van der Waals surface area contributed by atoms with Crippen molar-refractivity contribution in [2.24, 2.45) is 0 Å². The number of nitrogens with zero attached hydrogens (tertiary/aromatic N) is 1. The Bertz CT molecular complexity index is 503. The summed E-state index contributed by atoms with van der Waals surface area (Å²) < 4.78 is 0. The highest BCUT2D eigenvalue weighted by atomic mass is 16.1. The van der Waals surface area contributed by atoms with Crippen molar-refractivity contribution in [3.8, 4) is 17.9 Å². The standard InChI is InChI=1S/C12H11N3O/c1-9(16)15-7-3-5-10-4-2-6-12(14)11(10)8-13/h2,4,6H,7,14H2,1H3,(H,15,16). The van der Waals surface area contributed by atoms with Gasteiger partial charge in [-0.1, -0.05) is 17.9 Å². The molecule has 0 aliphatic heterocycles. The summed E-state index contributed by atoms with van der Waals surface area (Å²) in [4.78, 5) is 10.6. The zero-order valence-electron chi connectivity index (χ0n) is 8.87. The topological polar surface area (TPSA) is 78.9 Å². The van der Waals surface area contributed by atoms with Gasteiger partial charge in [0.05, 0.1) is 17.8 Å². The average molecular weight is 213 g/mol. The summed E-state index contributed by atoms with van der Waals surface area (Å²) in [5, 5.41) is 11.4. The van der Waals surface area contributed by atoms with Gasteiger partial charge in [-0.3, -0.25) is 4.79 Å². The van der Waals surface area contributed by atoms with Crippen LogP contribution in [0.15, 0.2) is 18.2 Å². The molecule has 80 valence electrons. The SMILES string of the molecule is CC(=O)NCC#Cc1cccc(N)c1C#N. The van der Waals surface area contributed by atoms with Crippen molar-refractivity contribution in [3.63, 3.8) is 0 Å². The molecule has 0 radical (unpaired) electrons. The zero-order chi connectivity index (χ0) is 12.0. The van der Waals surface area contributed by atoms with Crippen LogP contribution < -0.4 is 11.1 Å². The molecule has 0 unspecified atom stereocenters. The first kappa shape index (κ1) is 11.6. The van der Waals surface area contributed by atoms with Crippen LogP contribution in [0.5, 0.6) is 0 Å². The molecule has 0 aliphatic rings. The molecule has 0 saturated heterocycles. The van der Waals surface area contributed by atoms with Crippen molar-refractivity contribution in [3.05, 3.63) is 29.3 Å². The normalized spacial score (nSPS) is 8.50. The van der Waals surface area contributed by atoms with Crippen molar-refractivity contribution in [2.75, 3.05) is 12.3 Å². The van der Waals surface area contributed by atoms with Crippen LogP contribution in [0.1, 0.15) is 18.1 Å². The van der Waals surface area contributed by atoms with Gasteiger partial charge >= 0.3 is 0 Å². The molecule has 0 aromatic heterocycles. The first-order valence-electron chi connectivity index (χ1n) is 4.67. The third kappa shape index (κ3) is 3.04. The van der Waals surface area contributed by atoms with E-state index in [-0.39, 0.29) is 12.5 Å². The third-order valence-electron chi connectivity index (χ3n) is 1.86. The molecule has 0 atom stereocenters. The molecular formula is C12H11N3O. The van der Waals surface area contributed by atoms with Crippen LogP contribution in [0.25, 0.3) is 0 Å². The second-order valence-corrected chi connectivity index (χ2v) is 3.09. The maximum absolute atomic E-state index is 10.6. The average Bonchev–Trinajstić information content (AvgIpc) is 2.24. The molecule has 16 heavy (non-hydrogen) atoms. The first-order chi connectivity index (χ1) is 7.65. The van der Waals surface area contributed by atoms with E-state index in [1.807, 2.05) is 6.07 Å². The van der Waals surface area contributed by atoms with Gasteiger partial charge in [0, 0.05) is 12.5 Å². The Kier molecular flexibility index (Phi) is 3.94. The second-order valence-electron chi connectivity index (χ2n) is 3.09. The van der Waals surface area contributed by atoms with Gasteiger partial charge in [-0.2, -0.15) is 5.26 Å². The number of amides is 1. The third-order valence-corrected chi connectivity index (χ3v) is 1.86. The highest BCUT2D eigenvalue weighted by Crippen LogP contribution is 2.14. The van der Waals surface area contributed by atoms with E-state index in [9.17, 15) is 4.79 Å². The number of hydrogen-bond donors (Lipinski definition) is 2. The summed E-state index contributed by atoms with van der Waals surface area (Å²) in [5.74, 6) is 5.40. The quantitative estimate of drug-likeness (QED) is 0.530. The van der Waals surface area contributed by atoms with E-state index in [4.69, 9.17) is 11.0 Å². The lowest BCUT2D eigenvalue weighted by Crippen LogP contribution is -2.19. The van der Waals surface area contributed by atoms with Gasteiger partial charge in [-0.25, -0.2) is 0 Å². The molecule has 4 nitrogen and oxygen atoms in total. The first-order valence-corrected chi connectivity index (χ1v) is 4.67. The minimum Gasteiger partial charge on any atom is -0.398 e. The predicted octanol–water partition coefficient (Wildman–Crippen LogP) is 0.628. The van der Waals surface area contributed by atoms with Gasteiger partial charge in [-0.15, -0.1) is 0 Å². The van der Waals surface area contributed by atoms with E-state index >= 15 is 0 Å². The van der Waals surface area contributed by atoms with E-state index in [0.29, 0.717) is 16.8 Å². The number of nitrogens with one attached hydrogen (secondary N) is 1. The van der Waals surface area contributed by atoms with Crippen LogP contribution in [0.2, 0.25) is 0 Å². The molecule has 1 aromatic carbocycles. The Morgan fingerprint density at radius 2 is 2.31 bits per heavy atom. The summed E-state index contributed by atoms with van der Waals surface area (Å²) >= 11 is 0. The second kappa shape index (κ2) is 5.43. The molecule has 0 heterocycles. The van der Waals surface area contributed by atoms with Crippen LogP contribution in [0.4, 0.5) is 5.69 Å². The van der Waals surface area contributed by atoms with E-state index in [2.05, 4.69) is 17.2 Å². The van der Waals surface area contributed by atoms with Gasteiger partial charge < -0.3 is 11.1 Å². The van der Waals surface area contributed by atoms with Gasteiger partial charge in [0.1, 0.15) is 6.07 Å². The maximum atomic E-state index is 10.6. The minimum absolute atomic E-state index is 0.137. The molecule has 1 amide bonds. The molecule has 4 heteroatoms. The fourth-order valence-corrected chi connectivity index (χ4v) is 1.11. The molecule has 3 N–H and O–H groups in total. The van der Waals surface area contributed by atoms with Crippen molar-refractivity contribution in [1.82, 2.24) is 5.32 Å². The highest BCUT2D eigenvalue weighted by molar-refractivity contribution is 5.73. The van der Waals surface area contributed by atoms with Crippen LogP contribution in [-0.4, -0.2) is 12.5 Å². The number of anilines is 1. The fraction of sp³-hybridized carbons (Fsp3) is 0.167. The number of carbonyl (C=O) groups excluding carboxylic acids is 1. The van der Waals surface area contributed by atoms with E-state index in [1.165, 1.54) is 6.92 Å². The minimum atomic E-state index is -0.137. The lowest BCUT2D eigenvalue weighted by molar-refractivity contribution is -0.118. The monoisotopic (exact) mass is 213 g/mol. The summed E-state index contributed by atoms with van der Waals surface area (Å²) in [6, 6.07) is 7.10. The lowest BCUT2D eigenvalue weighted by Gasteiger charge is -1.98. The van der Waals surface area contributed by atoms with Crippen molar-refractivity contribution in [2.45, 2.75) is 6.92 Å². The molecule has 0 aliphatic carbocycles. The Balaban J connectivity index is 2.85.